The molecule has 0 N–H and O–H groups in total. The zero-order valence-electron chi connectivity index (χ0n) is 10.7. The molecule has 0 saturated heterocycles. The van der Waals surface area contributed by atoms with Gasteiger partial charge in [0.05, 0.1) is 24.1 Å². The van der Waals surface area contributed by atoms with Crippen molar-refractivity contribution in [3.05, 3.63) is 50.8 Å². The minimum atomic E-state index is 0.676. The van der Waals surface area contributed by atoms with Crippen LogP contribution in [0, 0.1) is 3.70 Å². The van der Waals surface area contributed by atoms with Crippen molar-refractivity contribution < 1.29 is 4.74 Å². The fourth-order valence-electron chi connectivity index (χ4n) is 1.99. The molecule has 0 radical (unpaired) electrons. The van der Waals surface area contributed by atoms with Gasteiger partial charge >= 0.3 is 0 Å². The summed E-state index contributed by atoms with van der Waals surface area (Å²) < 4.78 is 8.06. The molecule has 0 aliphatic carbocycles. The second-order valence-electron chi connectivity index (χ2n) is 4.29. The first-order chi connectivity index (χ1) is 9.69. The number of aromatic nitrogens is 3. The Hall–Kier alpha value is -1.34. The van der Waals surface area contributed by atoms with Crippen molar-refractivity contribution in [2.45, 2.75) is 6.54 Å². The number of fused-ring (bicyclic) bond motifs is 1. The second kappa shape index (κ2) is 5.57. The van der Waals surface area contributed by atoms with E-state index in [1.54, 1.807) is 19.4 Å². The number of benzene rings is 1. The van der Waals surface area contributed by atoms with Gasteiger partial charge in [0.1, 0.15) is 9.45 Å². The third-order valence-electron chi connectivity index (χ3n) is 3.02. The largest absolute Gasteiger partial charge is 0.497 e. The molecule has 0 fully saturated rings. The average molecular weight is 400 g/mol. The van der Waals surface area contributed by atoms with Crippen molar-refractivity contribution >= 4 is 45.2 Å². The molecule has 3 rings (SSSR count). The van der Waals surface area contributed by atoms with Crippen molar-refractivity contribution in [3.63, 3.8) is 0 Å². The Morgan fingerprint density at radius 1 is 1.25 bits per heavy atom. The van der Waals surface area contributed by atoms with E-state index in [9.17, 15) is 0 Å². The molecule has 2 heterocycles. The Morgan fingerprint density at radius 2 is 2.00 bits per heavy atom. The maximum absolute atomic E-state index is 6.20. The Balaban J connectivity index is 1.98. The third kappa shape index (κ3) is 2.47. The van der Waals surface area contributed by atoms with Gasteiger partial charge in [0, 0.05) is 6.20 Å². The number of methoxy groups -OCH3 is 1. The van der Waals surface area contributed by atoms with E-state index in [2.05, 4.69) is 32.7 Å². The molecule has 20 heavy (non-hydrogen) atoms. The Bertz CT molecular complexity index is 755. The van der Waals surface area contributed by atoms with E-state index >= 15 is 0 Å². The highest BCUT2D eigenvalue weighted by Gasteiger charge is 2.12. The van der Waals surface area contributed by atoms with Gasteiger partial charge in [-0.15, -0.1) is 0 Å². The quantitative estimate of drug-likeness (QED) is 0.630. The van der Waals surface area contributed by atoms with Crippen molar-refractivity contribution in [2.75, 3.05) is 7.11 Å². The van der Waals surface area contributed by atoms with Gasteiger partial charge in [-0.1, -0.05) is 23.7 Å². The highest BCUT2D eigenvalue weighted by molar-refractivity contribution is 14.1. The Labute approximate surface area is 134 Å². The molecule has 1 aromatic carbocycles. The summed E-state index contributed by atoms with van der Waals surface area (Å²) in [7, 11) is 1.66. The summed E-state index contributed by atoms with van der Waals surface area (Å²) in [5.74, 6) is 0.846. The van der Waals surface area contributed by atoms with Gasteiger partial charge in [-0.3, -0.25) is 4.68 Å². The molecule has 6 heteroatoms. The molecule has 0 aliphatic heterocycles. The first-order valence-electron chi connectivity index (χ1n) is 5.98. The van der Waals surface area contributed by atoms with E-state index in [0.29, 0.717) is 17.2 Å². The van der Waals surface area contributed by atoms with Gasteiger partial charge in [-0.05, 0) is 46.4 Å². The molecule has 0 bridgehead atoms. The number of ether oxygens (including phenoxy) is 1. The van der Waals surface area contributed by atoms with Crippen molar-refractivity contribution in [2.24, 2.45) is 0 Å². The summed E-state index contributed by atoms with van der Waals surface area (Å²) in [6.07, 6.45) is 1.67. The van der Waals surface area contributed by atoms with Crippen LogP contribution in [0.1, 0.15) is 5.56 Å². The van der Waals surface area contributed by atoms with Gasteiger partial charge in [0.25, 0.3) is 0 Å². The Kier molecular flexibility index (Phi) is 3.80. The van der Waals surface area contributed by atoms with Crippen molar-refractivity contribution in [3.8, 4) is 5.75 Å². The van der Waals surface area contributed by atoms with E-state index in [1.807, 2.05) is 28.9 Å². The molecule has 2 aromatic heterocycles. The van der Waals surface area contributed by atoms with E-state index in [1.165, 1.54) is 0 Å². The van der Waals surface area contributed by atoms with Crippen LogP contribution in [0.15, 0.2) is 36.5 Å². The van der Waals surface area contributed by atoms with Gasteiger partial charge < -0.3 is 4.74 Å². The van der Waals surface area contributed by atoms with Crippen LogP contribution in [0.2, 0.25) is 5.02 Å². The molecule has 3 aromatic rings. The topological polar surface area (TPSA) is 39.9 Å². The fourth-order valence-corrected chi connectivity index (χ4v) is 3.19. The number of nitrogens with zero attached hydrogens (tertiary/aromatic N) is 3. The van der Waals surface area contributed by atoms with Crippen LogP contribution < -0.4 is 4.74 Å². The zero-order valence-corrected chi connectivity index (χ0v) is 13.6. The fraction of sp³-hybridized carbons (Fsp3) is 0.143. The maximum Gasteiger partial charge on any atom is 0.183 e. The summed E-state index contributed by atoms with van der Waals surface area (Å²) in [5, 5.41) is 6.08. The molecule has 0 spiro atoms. The SMILES string of the molecule is COc1ccc(Cn2nc3nccc(Cl)c3c2I)cc1. The molecular formula is C14H11ClIN3O. The van der Waals surface area contributed by atoms with E-state index in [0.717, 1.165) is 20.4 Å². The monoisotopic (exact) mass is 399 g/mol. The lowest BCUT2D eigenvalue weighted by Crippen LogP contribution is -2.03. The number of pyridine rings is 1. The summed E-state index contributed by atoms with van der Waals surface area (Å²) in [5.41, 5.74) is 1.82. The van der Waals surface area contributed by atoms with Crippen LogP contribution in [-0.4, -0.2) is 21.9 Å². The summed E-state index contributed by atoms with van der Waals surface area (Å²) >= 11 is 8.46. The third-order valence-corrected chi connectivity index (χ3v) is 4.43. The second-order valence-corrected chi connectivity index (χ2v) is 5.72. The van der Waals surface area contributed by atoms with Crippen LogP contribution in [0.3, 0.4) is 0 Å². The number of hydrogen-bond donors (Lipinski definition) is 0. The normalized spacial score (nSPS) is 10.9. The smallest absolute Gasteiger partial charge is 0.183 e. The molecule has 102 valence electrons. The van der Waals surface area contributed by atoms with E-state index in [-0.39, 0.29) is 0 Å². The average Bonchev–Trinajstić information content (AvgIpc) is 2.78. The van der Waals surface area contributed by atoms with Crippen molar-refractivity contribution in [1.29, 1.82) is 0 Å². The van der Waals surface area contributed by atoms with Gasteiger partial charge in [0.15, 0.2) is 5.65 Å². The maximum atomic E-state index is 6.20. The first-order valence-corrected chi connectivity index (χ1v) is 7.44. The summed E-state index contributed by atoms with van der Waals surface area (Å²) in [6.45, 7) is 0.676. The lowest BCUT2D eigenvalue weighted by molar-refractivity contribution is 0.414. The van der Waals surface area contributed by atoms with Crippen LogP contribution >= 0.6 is 34.2 Å². The van der Waals surface area contributed by atoms with Gasteiger partial charge in [0.2, 0.25) is 0 Å². The van der Waals surface area contributed by atoms with E-state index < -0.39 is 0 Å². The molecule has 0 unspecified atom stereocenters. The minimum Gasteiger partial charge on any atom is -0.497 e. The predicted molar refractivity (Wildman–Crippen MR) is 87.4 cm³/mol. The number of rotatable bonds is 3. The first kappa shape index (κ1) is 13.6. The lowest BCUT2D eigenvalue weighted by atomic mass is 10.2. The molecule has 4 nitrogen and oxygen atoms in total. The molecule has 0 aliphatic rings. The zero-order chi connectivity index (χ0) is 14.1. The lowest BCUT2D eigenvalue weighted by Gasteiger charge is -2.05. The van der Waals surface area contributed by atoms with Crippen molar-refractivity contribution in [1.82, 2.24) is 14.8 Å². The number of hydrogen-bond acceptors (Lipinski definition) is 3. The summed E-state index contributed by atoms with van der Waals surface area (Å²) in [4.78, 5) is 4.25. The highest BCUT2D eigenvalue weighted by Crippen LogP contribution is 2.26. The van der Waals surface area contributed by atoms with Crippen LogP contribution in [0.5, 0.6) is 5.75 Å². The highest BCUT2D eigenvalue weighted by atomic mass is 127. The Morgan fingerprint density at radius 3 is 2.65 bits per heavy atom. The number of halogens is 2. The van der Waals surface area contributed by atoms with Crippen LogP contribution in [0.4, 0.5) is 0 Å². The molecule has 0 amide bonds. The van der Waals surface area contributed by atoms with Gasteiger partial charge in [-0.2, -0.15) is 5.10 Å². The van der Waals surface area contributed by atoms with Crippen LogP contribution in [0.25, 0.3) is 11.0 Å². The molecule has 0 atom stereocenters. The standard InChI is InChI=1S/C14H11ClIN3O/c1-20-10-4-2-9(3-5-10)8-19-13(16)12-11(15)6-7-17-14(12)18-19/h2-7H,8H2,1H3. The summed E-state index contributed by atoms with van der Waals surface area (Å²) in [6, 6.07) is 9.71. The molecule has 0 saturated carbocycles. The van der Waals surface area contributed by atoms with Crippen LogP contribution in [-0.2, 0) is 6.54 Å². The molecular weight excluding hydrogens is 389 g/mol. The minimum absolute atomic E-state index is 0.676. The predicted octanol–water partition coefficient (Wildman–Crippen LogP) is 3.75. The van der Waals surface area contributed by atoms with Gasteiger partial charge in [-0.25, -0.2) is 4.98 Å². The van der Waals surface area contributed by atoms with E-state index in [4.69, 9.17) is 16.3 Å².